The zero-order valence-corrected chi connectivity index (χ0v) is 27.6. The minimum atomic E-state index is 0.640. The van der Waals surface area contributed by atoms with E-state index in [1.807, 2.05) is 30.3 Å². The van der Waals surface area contributed by atoms with Gasteiger partial charge in [0.2, 0.25) is 0 Å². The summed E-state index contributed by atoms with van der Waals surface area (Å²) in [5.74, 6) is 0. The van der Waals surface area contributed by atoms with Crippen molar-refractivity contribution in [2.75, 3.05) is 0 Å². The van der Waals surface area contributed by atoms with Crippen molar-refractivity contribution >= 4 is 5.70 Å². The SMILES string of the molecule is N/C(=C\Cc1ccc2c(c1)Cc1ccccc1-2)c1ccc(-c2cc(-c3ccccc3)cc(-c3ccccc3)c2)cc1.NCc1ccccc1. The maximum atomic E-state index is 6.57. The van der Waals surface area contributed by atoms with Gasteiger partial charge in [0.15, 0.2) is 0 Å². The van der Waals surface area contributed by atoms with E-state index in [0.29, 0.717) is 6.54 Å². The smallest absolute Gasteiger partial charge is 0.0350 e. The van der Waals surface area contributed by atoms with E-state index in [1.54, 1.807) is 0 Å². The van der Waals surface area contributed by atoms with Crippen molar-refractivity contribution in [1.82, 2.24) is 0 Å². The van der Waals surface area contributed by atoms with E-state index in [9.17, 15) is 0 Å². The number of rotatable bonds is 7. The van der Waals surface area contributed by atoms with Gasteiger partial charge in [0.25, 0.3) is 0 Å². The number of benzene rings is 7. The minimum absolute atomic E-state index is 0.640. The Morgan fingerprint density at radius 2 is 0.959 bits per heavy atom. The molecule has 8 rings (SSSR count). The topological polar surface area (TPSA) is 52.0 Å². The zero-order valence-electron chi connectivity index (χ0n) is 27.6. The van der Waals surface area contributed by atoms with Gasteiger partial charge in [0.1, 0.15) is 0 Å². The van der Waals surface area contributed by atoms with Crippen LogP contribution in [-0.2, 0) is 19.4 Å². The Balaban J connectivity index is 0.000000417. The summed E-state index contributed by atoms with van der Waals surface area (Å²) in [7, 11) is 0. The van der Waals surface area contributed by atoms with Crippen LogP contribution in [0.3, 0.4) is 0 Å². The van der Waals surface area contributed by atoms with Crippen molar-refractivity contribution < 1.29 is 0 Å². The van der Waals surface area contributed by atoms with Gasteiger partial charge in [0, 0.05) is 12.2 Å². The van der Waals surface area contributed by atoms with Crippen molar-refractivity contribution in [3.05, 3.63) is 210 Å². The molecular weight excluding hydrogens is 593 g/mol. The van der Waals surface area contributed by atoms with Gasteiger partial charge in [-0.25, -0.2) is 0 Å². The van der Waals surface area contributed by atoms with Gasteiger partial charge < -0.3 is 11.5 Å². The van der Waals surface area contributed by atoms with Crippen LogP contribution in [0, 0.1) is 0 Å². The van der Waals surface area contributed by atoms with E-state index < -0.39 is 0 Å². The van der Waals surface area contributed by atoms with Crippen LogP contribution >= 0.6 is 0 Å². The summed E-state index contributed by atoms with van der Waals surface area (Å²) in [6, 6.07) is 62.2. The maximum absolute atomic E-state index is 6.57. The first kappa shape index (κ1) is 31.6. The fourth-order valence-electron chi connectivity index (χ4n) is 6.53. The van der Waals surface area contributed by atoms with Gasteiger partial charge >= 0.3 is 0 Å². The molecule has 0 atom stereocenters. The van der Waals surface area contributed by atoms with Crippen LogP contribution in [0.25, 0.3) is 50.2 Å². The first-order chi connectivity index (χ1) is 24.1. The quantitative estimate of drug-likeness (QED) is 0.184. The molecule has 2 nitrogen and oxygen atoms in total. The highest BCUT2D eigenvalue weighted by atomic mass is 14.6. The molecule has 0 spiro atoms. The molecule has 0 heterocycles. The summed E-state index contributed by atoms with van der Waals surface area (Å²) in [6.45, 7) is 0.640. The first-order valence-corrected chi connectivity index (χ1v) is 16.9. The molecule has 0 unspecified atom stereocenters. The maximum Gasteiger partial charge on any atom is 0.0350 e. The Morgan fingerprint density at radius 3 is 1.53 bits per heavy atom. The molecule has 7 aromatic rings. The second-order valence-corrected chi connectivity index (χ2v) is 12.5. The van der Waals surface area contributed by atoms with E-state index in [1.165, 1.54) is 66.8 Å². The van der Waals surface area contributed by atoms with Crippen molar-refractivity contribution in [1.29, 1.82) is 0 Å². The second kappa shape index (κ2) is 14.9. The molecule has 7 aromatic carbocycles. The molecule has 0 aromatic heterocycles. The molecule has 49 heavy (non-hydrogen) atoms. The Bertz CT molecular complexity index is 2120. The molecule has 0 saturated heterocycles. The Kier molecular flexibility index (Phi) is 9.59. The Hall–Kier alpha value is -5.96. The van der Waals surface area contributed by atoms with Crippen LogP contribution < -0.4 is 11.5 Å². The fraction of sp³-hybridized carbons (Fsp3) is 0.0638. The van der Waals surface area contributed by atoms with Crippen LogP contribution in [0.15, 0.2) is 182 Å². The van der Waals surface area contributed by atoms with Crippen LogP contribution in [0.1, 0.15) is 27.8 Å². The summed E-state index contributed by atoms with van der Waals surface area (Å²) >= 11 is 0. The van der Waals surface area contributed by atoms with Crippen LogP contribution in [-0.4, -0.2) is 0 Å². The molecule has 2 heteroatoms. The fourth-order valence-corrected chi connectivity index (χ4v) is 6.53. The largest absolute Gasteiger partial charge is 0.398 e. The van der Waals surface area contributed by atoms with Gasteiger partial charge in [-0.3, -0.25) is 0 Å². The summed E-state index contributed by atoms with van der Waals surface area (Å²) < 4.78 is 0. The summed E-state index contributed by atoms with van der Waals surface area (Å²) in [6.07, 6.45) is 3.97. The zero-order chi connectivity index (χ0) is 33.4. The number of hydrogen-bond donors (Lipinski definition) is 2. The minimum Gasteiger partial charge on any atom is -0.398 e. The van der Waals surface area contributed by atoms with E-state index in [-0.39, 0.29) is 0 Å². The summed E-state index contributed by atoms with van der Waals surface area (Å²) in [5, 5.41) is 0. The molecule has 0 radical (unpaired) electrons. The lowest BCUT2D eigenvalue weighted by Crippen LogP contribution is -1.97. The highest BCUT2D eigenvalue weighted by Crippen LogP contribution is 2.37. The second-order valence-electron chi connectivity index (χ2n) is 12.5. The van der Waals surface area contributed by atoms with Gasteiger partial charge in [-0.15, -0.1) is 0 Å². The molecular formula is C47H40N2. The van der Waals surface area contributed by atoms with Crippen molar-refractivity contribution in [3.63, 3.8) is 0 Å². The molecule has 0 bridgehead atoms. The number of hydrogen-bond acceptors (Lipinski definition) is 2. The highest BCUT2D eigenvalue weighted by molar-refractivity contribution is 5.82. The first-order valence-electron chi connectivity index (χ1n) is 16.9. The third-order valence-electron chi connectivity index (χ3n) is 9.19. The molecule has 0 amide bonds. The highest BCUT2D eigenvalue weighted by Gasteiger charge is 2.17. The predicted octanol–water partition coefficient (Wildman–Crippen LogP) is 10.9. The van der Waals surface area contributed by atoms with E-state index >= 15 is 0 Å². The Morgan fingerprint density at radius 1 is 0.449 bits per heavy atom. The van der Waals surface area contributed by atoms with E-state index in [4.69, 9.17) is 11.5 Å². The molecule has 238 valence electrons. The van der Waals surface area contributed by atoms with Gasteiger partial charge in [-0.1, -0.05) is 164 Å². The number of nitrogens with two attached hydrogens (primary N) is 2. The molecule has 4 N–H and O–H groups in total. The molecule has 1 aliphatic rings. The average molecular weight is 633 g/mol. The lowest BCUT2D eigenvalue weighted by molar-refractivity contribution is 1.07. The van der Waals surface area contributed by atoms with Crippen molar-refractivity contribution in [2.24, 2.45) is 11.5 Å². The number of allylic oxidation sites excluding steroid dienone is 1. The van der Waals surface area contributed by atoms with Crippen LogP contribution in [0.5, 0.6) is 0 Å². The van der Waals surface area contributed by atoms with E-state index in [0.717, 1.165) is 24.1 Å². The average Bonchev–Trinajstić information content (AvgIpc) is 3.56. The van der Waals surface area contributed by atoms with Gasteiger partial charge in [0.05, 0.1) is 0 Å². The van der Waals surface area contributed by atoms with Crippen molar-refractivity contribution in [3.8, 4) is 44.5 Å². The lowest BCUT2D eigenvalue weighted by atomic mass is 9.93. The summed E-state index contributed by atoms with van der Waals surface area (Å²) in [4.78, 5) is 0. The number of fused-ring (bicyclic) bond motifs is 3. The summed E-state index contributed by atoms with van der Waals surface area (Å²) in [5.41, 5.74) is 29.0. The van der Waals surface area contributed by atoms with Gasteiger partial charge in [-0.05, 0) is 103 Å². The molecule has 0 saturated carbocycles. The molecule has 0 fully saturated rings. The molecule has 1 aliphatic carbocycles. The lowest BCUT2D eigenvalue weighted by Gasteiger charge is -2.12. The van der Waals surface area contributed by atoms with Crippen LogP contribution in [0.4, 0.5) is 0 Å². The van der Waals surface area contributed by atoms with E-state index in [2.05, 4.69) is 152 Å². The third kappa shape index (κ3) is 7.46. The third-order valence-corrected chi connectivity index (χ3v) is 9.19. The van der Waals surface area contributed by atoms with Gasteiger partial charge in [-0.2, -0.15) is 0 Å². The Labute approximate surface area is 290 Å². The standard InChI is InChI=1S/C40H31N.C7H9N/c41-40(22-16-28-15-21-39-37(23-28)24-33-13-7-8-14-38(33)39)32-19-17-31(18-20-32)36-26-34(29-9-3-1-4-10-29)25-35(27-36)30-11-5-2-6-12-30;8-6-7-4-2-1-3-5-7/h1-15,17-23,25-27H,16,24,41H2;1-5H,6,8H2/b40-22-;. The van der Waals surface area contributed by atoms with Crippen LogP contribution in [0.2, 0.25) is 0 Å². The monoisotopic (exact) mass is 632 g/mol. The predicted molar refractivity (Wildman–Crippen MR) is 208 cm³/mol. The van der Waals surface area contributed by atoms with Crippen molar-refractivity contribution in [2.45, 2.75) is 19.4 Å². The normalized spacial score (nSPS) is 11.7. The molecule has 0 aliphatic heterocycles.